The highest BCUT2D eigenvalue weighted by Crippen LogP contribution is 2.07. The van der Waals surface area contributed by atoms with Crippen LogP contribution in [-0.4, -0.2) is 59.6 Å². The van der Waals surface area contributed by atoms with Crippen LogP contribution in [0.5, 0.6) is 0 Å². The molecule has 1 atom stereocenters. The van der Waals surface area contributed by atoms with E-state index in [1.807, 2.05) is 0 Å². The molecule has 0 radical (unpaired) electrons. The van der Waals surface area contributed by atoms with E-state index in [-0.39, 0.29) is 13.1 Å². The van der Waals surface area contributed by atoms with Crippen molar-refractivity contribution in [2.45, 2.75) is 18.9 Å². The van der Waals surface area contributed by atoms with Gasteiger partial charge in [0, 0.05) is 40.3 Å². The lowest BCUT2D eigenvalue weighted by Gasteiger charge is -2.23. The summed E-state index contributed by atoms with van der Waals surface area (Å²) < 4.78 is 36.9. The minimum Gasteiger partial charge on any atom is -0.389 e. The maximum absolute atomic E-state index is 11.4. The Morgan fingerprint density at radius 2 is 1.76 bits per heavy atom. The van der Waals surface area contributed by atoms with Crippen LogP contribution in [0.25, 0.3) is 0 Å². The molecule has 0 aliphatic heterocycles. The third-order valence-electron chi connectivity index (χ3n) is 2.09. The van der Waals surface area contributed by atoms with Crippen LogP contribution in [0.3, 0.4) is 0 Å². The fourth-order valence-corrected chi connectivity index (χ4v) is 1.95. The van der Waals surface area contributed by atoms with E-state index in [2.05, 4.69) is 9.44 Å². The van der Waals surface area contributed by atoms with Crippen LogP contribution >= 0.6 is 0 Å². The molecule has 0 aromatic heterocycles. The Labute approximate surface area is 103 Å². The second-order valence-corrected chi connectivity index (χ2v) is 5.54. The maximum Gasteiger partial charge on any atom is 0.277 e. The summed E-state index contributed by atoms with van der Waals surface area (Å²) in [6, 6.07) is 0. The van der Waals surface area contributed by atoms with Gasteiger partial charge >= 0.3 is 0 Å². The standard InChI is InChI=1S/C9H22N2O5S/c1-9(12,4-6-15-2)8-11-17(13,14)10-5-7-16-3/h10-12H,4-8H2,1-3H3. The van der Waals surface area contributed by atoms with Crippen LogP contribution in [0.2, 0.25) is 0 Å². The normalized spacial score (nSPS) is 15.8. The zero-order valence-electron chi connectivity index (χ0n) is 10.5. The summed E-state index contributed by atoms with van der Waals surface area (Å²) in [6.45, 7) is 2.32. The van der Waals surface area contributed by atoms with E-state index in [9.17, 15) is 13.5 Å². The quantitative estimate of drug-likeness (QED) is 0.435. The van der Waals surface area contributed by atoms with Gasteiger partial charge < -0.3 is 14.6 Å². The van der Waals surface area contributed by atoms with Gasteiger partial charge in [0.25, 0.3) is 10.2 Å². The van der Waals surface area contributed by atoms with Gasteiger partial charge in [0.2, 0.25) is 0 Å². The van der Waals surface area contributed by atoms with Crippen LogP contribution < -0.4 is 9.44 Å². The Bertz CT molecular complexity index is 292. The summed E-state index contributed by atoms with van der Waals surface area (Å²) in [5.74, 6) is 0. The van der Waals surface area contributed by atoms with Gasteiger partial charge in [-0.05, 0) is 6.92 Å². The minimum absolute atomic E-state index is 0.0708. The van der Waals surface area contributed by atoms with Crippen LogP contribution in [0.4, 0.5) is 0 Å². The topological polar surface area (TPSA) is 96.9 Å². The van der Waals surface area contributed by atoms with Crippen molar-refractivity contribution >= 4 is 10.2 Å². The highest BCUT2D eigenvalue weighted by Gasteiger charge is 2.22. The zero-order chi connectivity index (χ0) is 13.4. The predicted octanol–water partition coefficient (Wildman–Crippen LogP) is -1.16. The lowest BCUT2D eigenvalue weighted by atomic mass is 10.0. The molecule has 0 saturated heterocycles. The lowest BCUT2D eigenvalue weighted by molar-refractivity contribution is 0.0291. The molecule has 3 N–H and O–H groups in total. The van der Waals surface area contributed by atoms with Gasteiger partial charge in [-0.3, -0.25) is 0 Å². The number of nitrogens with one attached hydrogen (secondary N) is 2. The Morgan fingerprint density at radius 3 is 2.29 bits per heavy atom. The second-order valence-electron chi connectivity index (χ2n) is 3.95. The molecular weight excluding hydrogens is 248 g/mol. The summed E-state index contributed by atoms with van der Waals surface area (Å²) in [5, 5.41) is 9.82. The monoisotopic (exact) mass is 270 g/mol. The van der Waals surface area contributed by atoms with Gasteiger partial charge in [-0.25, -0.2) is 0 Å². The Kier molecular flexibility index (Phi) is 7.84. The zero-order valence-corrected chi connectivity index (χ0v) is 11.3. The van der Waals surface area contributed by atoms with E-state index in [1.165, 1.54) is 14.2 Å². The minimum atomic E-state index is -3.59. The molecule has 104 valence electrons. The van der Waals surface area contributed by atoms with Crippen LogP contribution in [-0.2, 0) is 19.7 Å². The average molecular weight is 270 g/mol. The van der Waals surface area contributed by atoms with Gasteiger partial charge in [-0.15, -0.1) is 0 Å². The van der Waals surface area contributed by atoms with E-state index in [4.69, 9.17) is 9.47 Å². The number of methoxy groups -OCH3 is 2. The molecule has 0 aliphatic rings. The number of aliphatic hydroxyl groups is 1. The van der Waals surface area contributed by atoms with Crippen molar-refractivity contribution in [2.24, 2.45) is 0 Å². The molecule has 8 heteroatoms. The molecule has 0 heterocycles. The molecule has 0 bridgehead atoms. The number of ether oxygens (including phenoxy) is 2. The van der Waals surface area contributed by atoms with Crippen molar-refractivity contribution in [3.8, 4) is 0 Å². The van der Waals surface area contributed by atoms with Crippen molar-refractivity contribution in [3.05, 3.63) is 0 Å². The average Bonchev–Trinajstić information content (AvgIpc) is 2.25. The van der Waals surface area contributed by atoms with Gasteiger partial charge in [-0.2, -0.15) is 17.9 Å². The number of rotatable bonds is 10. The molecule has 1 unspecified atom stereocenters. The first-order valence-corrected chi connectivity index (χ1v) is 6.76. The molecule has 0 saturated carbocycles. The molecule has 0 rings (SSSR count). The highest BCUT2D eigenvalue weighted by atomic mass is 32.2. The summed E-state index contributed by atoms with van der Waals surface area (Å²) in [4.78, 5) is 0. The summed E-state index contributed by atoms with van der Waals surface area (Å²) in [6.07, 6.45) is 0.351. The molecule has 0 aliphatic carbocycles. The van der Waals surface area contributed by atoms with E-state index in [0.29, 0.717) is 19.6 Å². The molecule has 0 fully saturated rings. The summed E-state index contributed by atoms with van der Waals surface area (Å²) in [5.41, 5.74) is -1.13. The van der Waals surface area contributed by atoms with E-state index in [1.54, 1.807) is 6.92 Å². The SMILES string of the molecule is COCCNS(=O)(=O)NCC(C)(O)CCOC. The Morgan fingerprint density at radius 1 is 1.18 bits per heavy atom. The molecule has 17 heavy (non-hydrogen) atoms. The molecule has 7 nitrogen and oxygen atoms in total. The second kappa shape index (κ2) is 7.96. The predicted molar refractivity (Wildman–Crippen MR) is 63.9 cm³/mol. The van der Waals surface area contributed by atoms with Gasteiger partial charge in [0.15, 0.2) is 0 Å². The van der Waals surface area contributed by atoms with Crippen molar-refractivity contribution in [1.29, 1.82) is 0 Å². The van der Waals surface area contributed by atoms with Crippen LogP contribution in [0, 0.1) is 0 Å². The molecular formula is C9H22N2O5S. The van der Waals surface area contributed by atoms with E-state index in [0.717, 1.165) is 0 Å². The van der Waals surface area contributed by atoms with Crippen molar-refractivity contribution in [1.82, 2.24) is 9.44 Å². The summed E-state index contributed by atoms with van der Waals surface area (Å²) >= 11 is 0. The Balaban J connectivity index is 3.99. The fourth-order valence-electron chi connectivity index (χ4n) is 0.990. The number of hydrogen-bond donors (Lipinski definition) is 3. The van der Waals surface area contributed by atoms with Crippen molar-refractivity contribution in [2.75, 3.05) is 40.5 Å². The van der Waals surface area contributed by atoms with Gasteiger partial charge in [0.1, 0.15) is 0 Å². The van der Waals surface area contributed by atoms with Crippen LogP contribution in [0.15, 0.2) is 0 Å². The van der Waals surface area contributed by atoms with Crippen molar-refractivity contribution < 1.29 is 23.0 Å². The molecule has 0 amide bonds. The molecule has 0 aromatic carbocycles. The van der Waals surface area contributed by atoms with E-state index < -0.39 is 15.8 Å². The smallest absolute Gasteiger partial charge is 0.277 e. The third-order valence-corrected chi connectivity index (χ3v) is 3.19. The molecule has 0 aromatic rings. The Hall–Kier alpha value is -0.250. The molecule has 0 spiro atoms. The van der Waals surface area contributed by atoms with Gasteiger partial charge in [0.05, 0.1) is 12.2 Å². The van der Waals surface area contributed by atoms with Crippen LogP contribution in [0.1, 0.15) is 13.3 Å². The highest BCUT2D eigenvalue weighted by molar-refractivity contribution is 7.87. The lowest BCUT2D eigenvalue weighted by Crippen LogP contribution is -2.46. The number of hydrogen-bond acceptors (Lipinski definition) is 5. The largest absolute Gasteiger partial charge is 0.389 e. The summed E-state index contributed by atoms with van der Waals surface area (Å²) in [7, 11) is -0.589. The van der Waals surface area contributed by atoms with Gasteiger partial charge in [-0.1, -0.05) is 0 Å². The van der Waals surface area contributed by atoms with E-state index >= 15 is 0 Å². The van der Waals surface area contributed by atoms with Crippen molar-refractivity contribution in [3.63, 3.8) is 0 Å². The first-order valence-electron chi connectivity index (χ1n) is 5.27. The first kappa shape index (κ1) is 16.8. The fraction of sp³-hybridized carbons (Fsp3) is 1.00. The third kappa shape index (κ3) is 9.45. The maximum atomic E-state index is 11.4. The first-order chi connectivity index (χ1) is 7.83.